The molecule has 2 rings (SSSR count). The van der Waals surface area contributed by atoms with E-state index in [1.54, 1.807) is 25.1 Å². The first-order chi connectivity index (χ1) is 10.1. The Balaban J connectivity index is 1.98. The number of halogens is 1. The Morgan fingerprint density at radius 3 is 2.85 bits per heavy atom. The minimum Gasteiger partial charge on any atom is -0.330 e. The topological polar surface area (TPSA) is 49.3 Å². The zero-order valence-corrected chi connectivity index (χ0v) is 12.3. The van der Waals surface area contributed by atoms with Gasteiger partial charge in [-0.1, -0.05) is 29.8 Å². The normalized spacial score (nSPS) is 11.7. The van der Waals surface area contributed by atoms with Crippen molar-refractivity contribution in [3.05, 3.63) is 59.4 Å². The number of nitrogens with one attached hydrogen (secondary N) is 2. The maximum atomic E-state index is 7.39. The summed E-state index contributed by atoms with van der Waals surface area (Å²) in [6, 6.07) is 11.0. The van der Waals surface area contributed by atoms with Crippen LogP contribution in [0.15, 0.2) is 53.7 Å². The van der Waals surface area contributed by atoms with Crippen molar-refractivity contribution in [1.29, 1.82) is 0 Å². The molecule has 0 aliphatic heterocycles. The third-order valence-electron chi connectivity index (χ3n) is 2.43. The summed E-state index contributed by atoms with van der Waals surface area (Å²) in [5.74, 6) is 0. The van der Waals surface area contributed by atoms with Crippen LogP contribution in [0.1, 0.15) is 14.0 Å². The van der Waals surface area contributed by atoms with Gasteiger partial charge in [-0.3, -0.25) is 10.4 Å². The Hall–Kier alpha value is -1.98. The second kappa shape index (κ2) is 6.98. The van der Waals surface area contributed by atoms with Crippen LogP contribution in [0.5, 0.6) is 0 Å². The van der Waals surface area contributed by atoms with E-state index >= 15 is 0 Å². The van der Waals surface area contributed by atoms with Gasteiger partial charge in [0.1, 0.15) is 0 Å². The molecule has 0 atom stereocenters. The number of benzene rings is 1. The predicted molar refractivity (Wildman–Crippen MR) is 87.3 cm³/mol. The molecule has 1 aromatic heterocycles. The number of hydrogen-bond acceptors (Lipinski definition) is 3. The van der Waals surface area contributed by atoms with Crippen LogP contribution >= 0.6 is 23.8 Å². The highest BCUT2D eigenvalue weighted by atomic mass is 35.5. The van der Waals surface area contributed by atoms with Crippen molar-refractivity contribution < 1.29 is 1.37 Å². The highest BCUT2D eigenvalue weighted by Gasteiger charge is 2.02. The number of aromatic nitrogens is 1. The second-order valence-corrected chi connectivity index (χ2v) is 4.70. The van der Waals surface area contributed by atoms with E-state index in [-0.39, 0.29) is 0 Å². The van der Waals surface area contributed by atoms with E-state index in [9.17, 15) is 0 Å². The van der Waals surface area contributed by atoms with Crippen LogP contribution in [-0.2, 0) is 0 Å². The molecule has 1 aromatic carbocycles. The van der Waals surface area contributed by atoms with Gasteiger partial charge in [0.15, 0.2) is 5.11 Å². The summed E-state index contributed by atoms with van der Waals surface area (Å²) < 4.78 is 7.39. The molecule has 0 saturated heterocycles. The fourth-order valence-corrected chi connectivity index (χ4v) is 1.78. The van der Waals surface area contributed by atoms with Gasteiger partial charge < -0.3 is 5.32 Å². The fraction of sp³-hybridized carbons (Fsp3) is 0.0714. The lowest BCUT2D eigenvalue weighted by molar-refractivity contribution is 1.03. The van der Waals surface area contributed by atoms with Crippen LogP contribution in [0.4, 0.5) is 5.69 Å². The Morgan fingerprint density at radius 1 is 1.35 bits per heavy atom. The molecule has 0 bridgehead atoms. The number of nitrogens with zero attached hydrogens (tertiary/aromatic N) is 2. The van der Waals surface area contributed by atoms with E-state index in [4.69, 9.17) is 25.2 Å². The molecule has 20 heavy (non-hydrogen) atoms. The van der Waals surface area contributed by atoms with Gasteiger partial charge in [-0.25, -0.2) is 0 Å². The van der Waals surface area contributed by atoms with Crippen LogP contribution in [0, 0.1) is 0 Å². The van der Waals surface area contributed by atoms with Crippen molar-refractivity contribution >= 4 is 40.3 Å². The third-order valence-corrected chi connectivity index (χ3v) is 2.96. The van der Waals surface area contributed by atoms with Gasteiger partial charge in [0.2, 0.25) is 0 Å². The van der Waals surface area contributed by atoms with Gasteiger partial charge in [0.05, 0.1) is 23.5 Å². The molecular weight excluding hydrogens is 292 g/mol. The SMILES string of the molecule is [2H]c1ccc(C(C)=NNC(=S)Nc2ccccc2Cl)nc1. The van der Waals surface area contributed by atoms with E-state index in [1.165, 1.54) is 6.20 Å². The second-order valence-electron chi connectivity index (χ2n) is 3.89. The molecule has 0 amide bonds. The number of pyridine rings is 1. The van der Waals surface area contributed by atoms with Gasteiger partial charge in [-0.05, 0) is 43.4 Å². The Bertz CT molecular complexity index is 673. The third kappa shape index (κ3) is 4.01. The van der Waals surface area contributed by atoms with Crippen LogP contribution in [0.25, 0.3) is 0 Å². The molecule has 6 heteroatoms. The molecule has 2 N–H and O–H groups in total. The lowest BCUT2D eigenvalue weighted by Gasteiger charge is -2.09. The lowest BCUT2D eigenvalue weighted by atomic mass is 10.3. The highest BCUT2D eigenvalue weighted by Crippen LogP contribution is 2.20. The lowest BCUT2D eigenvalue weighted by Crippen LogP contribution is -2.25. The Labute approximate surface area is 129 Å². The predicted octanol–water partition coefficient (Wildman–Crippen LogP) is 3.45. The smallest absolute Gasteiger partial charge is 0.191 e. The number of thiocarbonyl (C=S) groups is 1. The van der Waals surface area contributed by atoms with Crippen molar-refractivity contribution in [2.75, 3.05) is 5.32 Å². The van der Waals surface area contributed by atoms with E-state index in [1.807, 2.05) is 18.2 Å². The average Bonchev–Trinajstić information content (AvgIpc) is 2.48. The Kier molecular flexibility index (Phi) is 4.54. The fourth-order valence-electron chi connectivity index (χ4n) is 1.44. The first-order valence-electron chi connectivity index (χ1n) is 6.35. The first-order valence-corrected chi connectivity index (χ1v) is 6.64. The number of hydrogen-bond donors (Lipinski definition) is 2. The molecular formula is C14H13ClN4S. The summed E-state index contributed by atoms with van der Waals surface area (Å²) in [7, 11) is 0. The van der Waals surface area contributed by atoms with Crippen LogP contribution in [-0.4, -0.2) is 15.8 Å². The number of anilines is 1. The standard InChI is InChI=1S/C14H13ClN4S/c1-10(12-7-4-5-9-16-12)18-19-14(20)17-13-8-3-2-6-11(13)15/h2-9H,1H3,(H2,17,19,20)/i5D. The van der Waals surface area contributed by atoms with Crippen molar-refractivity contribution in [2.45, 2.75) is 6.92 Å². The molecule has 0 aliphatic rings. The van der Waals surface area contributed by atoms with Crippen molar-refractivity contribution in [1.82, 2.24) is 10.4 Å². The molecule has 0 unspecified atom stereocenters. The summed E-state index contributed by atoms with van der Waals surface area (Å²) in [4.78, 5) is 4.11. The van der Waals surface area contributed by atoms with Gasteiger partial charge >= 0.3 is 0 Å². The maximum Gasteiger partial charge on any atom is 0.191 e. The van der Waals surface area contributed by atoms with Gasteiger partial charge in [-0.15, -0.1) is 0 Å². The van der Waals surface area contributed by atoms with Crippen molar-refractivity contribution in [2.24, 2.45) is 5.10 Å². The van der Waals surface area contributed by atoms with Gasteiger partial charge in [-0.2, -0.15) is 5.10 Å². The van der Waals surface area contributed by atoms with Crippen molar-refractivity contribution in [3.8, 4) is 0 Å². The van der Waals surface area contributed by atoms with Gasteiger partial charge in [0.25, 0.3) is 0 Å². The molecule has 0 saturated carbocycles. The minimum absolute atomic E-state index is 0.333. The zero-order chi connectivity index (χ0) is 15.2. The minimum atomic E-state index is 0.333. The summed E-state index contributed by atoms with van der Waals surface area (Å²) in [6.07, 6.45) is 1.47. The van der Waals surface area contributed by atoms with Crippen LogP contribution in [0.3, 0.4) is 0 Å². The van der Waals surface area contributed by atoms with E-state index in [0.717, 1.165) is 0 Å². The molecule has 1 heterocycles. The van der Waals surface area contributed by atoms with E-state index in [2.05, 4.69) is 20.8 Å². The average molecular weight is 306 g/mol. The van der Waals surface area contributed by atoms with Gasteiger partial charge in [0, 0.05) is 6.20 Å². The largest absolute Gasteiger partial charge is 0.330 e. The molecule has 4 nitrogen and oxygen atoms in total. The Morgan fingerprint density at radius 2 is 2.15 bits per heavy atom. The summed E-state index contributed by atoms with van der Waals surface area (Å²) in [5.41, 5.74) is 4.79. The number of hydrazone groups is 1. The first kappa shape index (κ1) is 13.0. The van der Waals surface area contributed by atoms with Crippen LogP contribution in [0.2, 0.25) is 5.02 Å². The number of para-hydroxylation sites is 1. The summed E-state index contributed by atoms with van der Waals surface area (Å²) in [5, 5.41) is 8.01. The maximum absolute atomic E-state index is 7.39. The zero-order valence-electron chi connectivity index (χ0n) is 11.7. The summed E-state index contributed by atoms with van der Waals surface area (Å²) in [6.45, 7) is 1.80. The monoisotopic (exact) mass is 305 g/mol. The molecule has 2 aromatic rings. The van der Waals surface area contributed by atoms with Crippen molar-refractivity contribution in [3.63, 3.8) is 0 Å². The molecule has 0 fully saturated rings. The molecule has 0 radical (unpaired) electrons. The summed E-state index contributed by atoms with van der Waals surface area (Å²) >= 11 is 11.2. The molecule has 0 spiro atoms. The van der Waals surface area contributed by atoms with E-state index < -0.39 is 0 Å². The van der Waals surface area contributed by atoms with E-state index in [0.29, 0.717) is 33.3 Å². The molecule has 102 valence electrons. The quantitative estimate of drug-likeness (QED) is 0.518. The van der Waals surface area contributed by atoms with Crippen LogP contribution < -0.4 is 10.7 Å². The number of rotatable bonds is 3. The molecule has 0 aliphatic carbocycles. The highest BCUT2D eigenvalue weighted by molar-refractivity contribution is 7.80.